The van der Waals surface area contributed by atoms with Crippen molar-refractivity contribution >= 4 is 5.91 Å². The number of carbonyl (C=O) groups excluding carboxylic acids is 1. The Balaban J connectivity index is 1.67. The highest BCUT2D eigenvalue weighted by Crippen LogP contribution is 2.36. The molecule has 4 rings (SSSR count). The molecular formula is C30H38N4O3. The van der Waals surface area contributed by atoms with Crippen molar-refractivity contribution < 1.29 is 14.3 Å². The van der Waals surface area contributed by atoms with Crippen LogP contribution in [0.5, 0.6) is 11.5 Å². The lowest BCUT2D eigenvalue weighted by atomic mass is 9.89. The molecule has 1 aliphatic heterocycles. The van der Waals surface area contributed by atoms with Gasteiger partial charge in [0.25, 0.3) is 5.91 Å². The highest BCUT2D eigenvalue weighted by atomic mass is 16.5. The number of hydrogen-bond donors (Lipinski definition) is 1. The molecule has 1 saturated heterocycles. The Morgan fingerprint density at radius 2 is 1.35 bits per heavy atom. The van der Waals surface area contributed by atoms with Gasteiger partial charge in [-0.3, -0.25) is 9.69 Å². The first kappa shape index (κ1) is 26.7. The second-order valence-corrected chi connectivity index (χ2v) is 9.83. The predicted octanol–water partition coefficient (Wildman–Crippen LogP) is 3.85. The molecule has 37 heavy (non-hydrogen) atoms. The van der Waals surface area contributed by atoms with Crippen molar-refractivity contribution in [1.29, 1.82) is 0 Å². The minimum absolute atomic E-state index is 0.0139. The van der Waals surface area contributed by atoms with E-state index in [0.29, 0.717) is 18.5 Å². The van der Waals surface area contributed by atoms with Crippen LogP contribution >= 0.6 is 0 Å². The number of hydrogen-bond acceptors (Lipinski definition) is 6. The van der Waals surface area contributed by atoms with Crippen molar-refractivity contribution in [2.75, 3.05) is 41.9 Å². The molecule has 0 bridgehead atoms. The van der Waals surface area contributed by atoms with Gasteiger partial charge in [-0.1, -0.05) is 42.5 Å². The zero-order valence-electron chi connectivity index (χ0n) is 22.4. The summed E-state index contributed by atoms with van der Waals surface area (Å²) in [5, 5.41) is 0. The van der Waals surface area contributed by atoms with Gasteiger partial charge < -0.3 is 25.0 Å². The Bertz CT molecular complexity index is 1100. The van der Waals surface area contributed by atoms with Crippen molar-refractivity contribution in [3.8, 4) is 11.5 Å². The van der Waals surface area contributed by atoms with E-state index in [-0.39, 0.29) is 30.2 Å². The van der Waals surface area contributed by atoms with Gasteiger partial charge in [-0.15, -0.1) is 0 Å². The Morgan fingerprint density at radius 1 is 0.838 bits per heavy atom. The molecule has 0 saturated carbocycles. The van der Waals surface area contributed by atoms with Crippen LogP contribution in [-0.2, 0) is 0 Å². The van der Waals surface area contributed by atoms with Crippen molar-refractivity contribution in [3.05, 3.63) is 95.6 Å². The number of piperidine rings is 1. The number of nitrogens with zero attached hydrogens (tertiary/aromatic N) is 3. The molecule has 0 aromatic heterocycles. The van der Waals surface area contributed by atoms with E-state index in [4.69, 9.17) is 15.2 Å². The zero-order chi connectivity index (χ0) is 26.5. The van der Waals surface area contributed by atoms with Crippen LogP contribution in [0.15, 0.2) is 78.9 Å². The summed E-state index contributed by atoms with van der Waals surface area (Å²) in [7, 11) is 9.38. The molecule has 0 spiro atoms. The summed E-state index contributed by atoms with van der Waals surface area (Å²) in [6.07, 6.45) is 0.405. The molecule has 0 radical (unpaired) electrons. The molecule has 196 valence electrons. The fraction of sp³-hybridized carbons (Fsp3) is 0.367. The van der Waals surface area contributed by atoms with Crippen molar-refractivity contribution in [1.82, 2.24) is 14.7 Å². The quantitative estimate of drug-likeness (QED) is 0.505. The number of amides is 1. The van der Waals surface area contributed by atoms with E-state index in [1.165, 1.54) is 0 Å². The van der Waals surface area contributed by atoms with Crippen LogP contribution in [0.4, 0.5) is 0 Å². The van der Waals surface area contributed by atoms with Gasteiger partial charge >= 0.3 is 0 Å². The molecular weight excluding hydrogens is 464 g/mol. The number of benzene rings is 3. The fourth-order valence-electron chi connectivity index (χ4n) is 5.32. The normalized spacial score (nSPS) is 20.2. The summed E-state index contributed by atoms with van der Waals surface area (Å²) in [5.41, 5.74) is 9.87. The Labute approximate surface area is 220 Å². The number of likely N-dealkylation sites (tertiary alicyclic amines) is 1. The van der Waals surface area contributed by atoms with Crippen molar-refractivity contribution in [3.63, 3.8) is 0 Å². The van der Waals surface area contributed by atoms with E-state index >= 15 is 0 Å². The van der Waals surface area contributed by atoms with Crippen LogP contribution in [0.3, 0.4) is 0 Å². The fourth-order valence-corrected chi connectivity index (χ4v) is 5.32. The van der Waals surface area contributed by atoms with Gasteiger partial charge in [-0.2, -0.15) is 0 Å². The van der Waals surface area contributed by atoms with Crippen LogP contribution in [-0.4, -0.2) is 80.8 Å². The average molecular weight is 503 g/mol. The summed E-state index contributed by atoms with van der Waals surface area (Å²) in [6, 6.07) is 25.8. The minimum Gasteiger partial charge on any atom is -0.497 e. The third-order valence-corrected chi connectivity index (χ3v) is 7.45. The van der Waals surface area contributed by atoms with E-state index in [2.05, 4.69) is 48.2 Å². The molecule has 0 aliphatic carbocycles. The number of nitrogens with two attached hydrogens (primary N) is 1. The Morgan fingerprint density at radius 3 is 1.81 bits per heavy atom. The summed E-state index contributed by atoms with van der Waals surface area (Å²) < 4.78 is 10.8. The maximum Gasteiger partial charge on any atom is 0.253 e. The van der Waals surface area contributed by atoms with Crippen LogP contribution in [0.2, 0.25) is 0 Å². The maximum atomic E-state index is 13.3. The predicted molar refractivity (Wildman–Crippen MR) is 147 cm³/mol. The van der Waals surface area contributed by atoms with Crippen LogP contribution < -0.4 is 15.2 Å². The highest BCUT2D eigenvalue weighted by molar-refractivity contribution is 5.94. The van der Waals surface area contributed by atoms with E-state index in [1.54, 1.807) is 14.2 Å². The van der Waals surface area contributed by atoms with Gasteiger partial charge in [0.15, 0.2) is 0 Å². The highest BCUT2D eigenvalue weighted by Gasteiger charge is 2.42. The standard InChI is InChI=1S/C30H38N4O3/c1-32(2)27-20-34(28(31)19-26(27)33(3)30(35)23-9-7-6-8-10-23)29(21-11-15-24(36-4)16-12-21)22-13-17-25(37-5)18-14-22/h6-18,26-29H,19-20,31H2,1-5H3. The van der Waals surface area contributed by atoms with E-state index in [9.17, 15) is 4.79 Å². The van der Waals surface area contributed by atoms with Crippen LogP contribution in [0, 0.1) is 0 Å². The Kier molecular flexibility index (Phi) is 8.48. The Hall–Kier alpha value is -3.39. The van der Waals surface area contributed by atoms with Gasteiger partial charge in [0, 0.05) is 25.2 Å². The monoisotopic (exact) mass is 502 g/mol. The molecule has 1 amide bonds. The van der Waals surface area contributed by atoms with Crippen molar-refractivity contribution in [2.24, 2.45) is 5.73 Å². The average Bonchev–Trinajstić information content (AvgIpc) is 2.94. The largest absolute Gasteiger partial charge is 0.497 e. The molecule has 3 atom stereocenters. The summed E-state index contributed by atoms with van der Waals surface area (Å²) in [4.78, 5) is 19.8. The lowest BCUT2D eigenvalue weighted by Crippen LogP contribution is -2.64. The lowest BCUT2D eigenvalue weighted by Gasteiger charge is -2.50. The summed E-state index contributed by atoms with van der Waals surface area (Å²) >= 11 is 0. The third kappa shape index (κ3) is 5.80. The van der Waals surface area contributed by atoms with Crippen molar-refractivity contribution in [2.45, 2.75) is 30.7 Å². The number of likely N-dealkylation sites (N-methyl/N-ethyl adjacent to an activating group) is 2. The van der Waals surface area contributed by atoms with Crippen LogP contribution in [0.25, 0.3) is 0 Å². The first-order chi connectivity index (χ1) is 17.8. The van der Waals surface area contributed by atoms with Gasteiger partial charge in [-0.25, -0.2) is 0 Å². The first-order valence-electron chi connectivity index (χ1n) is 12.6. The molecule has 3 aromatic rings. The number of rotatable bonds is 8. The molecule has 3 aromatic carbocycles. The molecule has 7 nitrogen and oxygen atoms in total. The molecule has 1 heterocycles. The first-order valence-corrected chi connectivity index (χ1v) is 12.6. The number of carbonyl (C=O) groups is 1. The third-order valence-electron chi connectivity index (χ3n) is 7.45. The molecule has 2 N–H and O–H groups in total. The molecule has 7 heteroatoms. The molecule has 1 fully saturated rings. The van der Waals surface area contributed by atoms with E-state index in [1.807, 2.05) is 66.5 Å². The van der Waals surface area contributed by atoms with Gasteiger partial charge in [-0.05, 0) is 68.0 Å². The van der Waals surface area contributed by atoms with Crippen LogP contribution in [0.1, 0.15) is 33.9 Å². The number of ether oxygens (including phenoxy) is 2. The smallest absolute Gasteiger partial charge is 0.253 e. The second-order valence-electron chi connectivity index (χ2n) is 9.83. The molecule has 1 aliphatic rings. The molecule has 3 unspecified atom stereocenters. The SMILES string of the molecule is COc1ccc(C(c2ccc(OC)cc2)N2CC(N(C)C)C(N(C)C(=O)c3ccccc3)CC2N)cc1. The lowest BCUT2D eigenvalue weighted by molar-refractivity contribution is 0.00189. The van der Waals surface area contributed by atoms with Gasteiger partial charge in [0.05, 0.1) is 32.5 Å². The van der Waals surface area contributed by atoms with E-state index in [0.717, 1.165) is 22.6 Å². The number of methoxy groups -OCH3 is 2. The topological polar surface area (TPSA) is 71.3 Å². The minimum atomic E-state index is -0.249. The second kappa shape index (κ2) is 11.8. The van der Waals surface area contributed by atoms with Gasteiger partial charge in [0.2, 0.25) is 0 Å². The zero-order valence-corrected chi connectivity index (χ0v) is 22.4. The summed E-state index contributed by atoms with van der Waals surface area (Å²) in [6.45, 7) is 0.702. The summed E-state index contributed by atoms with van der Waals surface area (Å²) in [5.74, 6) is 1.64. The van der Waals surface area contributed by atoms with E-state index < -0.39 is 0 Å². The maximum absolute atomic E-state index is 13.3. The van der Waals surface area contributed by atoms with Gasteiger partial charge in [0.1, 0.15) is 11.5 Å².